The topological polar surface area (TPSA) is 95.9 Å². The minimum absolute atomic E-state index is 0.0397. The Kier molecular flexibility index (Phi) is 8.68. The van der Waals surface area contributed by atoms with Gasteiger partial charge in [0.15, 0.2) is 0 Å². The average molecular weight is 467 g/mol. The molecule has 2 N–H and O–H groups in total. The molecule has 0 bridgehead atoms. The smallest absolute Gasteiger partial charge is 0.407 e. The number of rotatable bonds is 11. The lowest BCUT2D eigenvalue weighted by atomic mass is 9.98. The Bertz CT molecular complexity index is 974. The Labute approximate surface area is 201 Å². The fraction of sp³-hybridized carbons (Fsp3) is 0.444. The van der Waals surface area contributed by atoms with Gasteiger partial charge in [0.2, 0.25) is 5.91 Å². The standard InChI is InChI=1S/C27H34N2O5/c1-4-9-19(14-25(30)29(15-18(2)3)16-26(31)32)28-27(33)34-17-24-22-12-7-5-10-20(22)21-11-6-8-13-23(21)24/h5-8,10-13,18-19,24H,4,9,14-17H2,1-3H3,(H,28,33)(H,31,32)/t19-/m0/s1. The zero-order valence-electron chi connectivity index (χ0n) is 20.1. The number of aliphatic carboxylic acids is 1. The zero-order chi connectivity index (χ0) is 24.7. The zero-order valence-corrected chi connectivity index (χ0v) is 20.1. The third-order valence-corrected chi connectivity index (χ3v) is 5.99. The number of carbonyl (C=O) groups excluding carboxylic acids is 2. The number of amides is 2. The van der Waals surface area contributed by atoms with Gasteiger partial charge in [-0.05, 0) is 34.6 Å². The first-order chi connectivity index (χ1) is 16.3. The molecular weight excluding hydrogens is 432 g/mol. The van der Waals surface area contributed by atoms with Crippen molar-refractivity contribution in [3.8, 4) is 11.1 Å². The fourth-order valence-corrected chi connectivity index (χ4v) is 4.58. The van der Waals surface area contributed by atoms with Gasteiger partial charge in [0.05, 0.1) is 0 Å². The number of benzene rings is 2. The van der Waals surface area contributed by atoms with E-state index < -0.39 is 18.1 Å². The number of nitrogens with zero attached hydrogens (tertiary/aromatic N) is 1. The maximum absolute atomic E-state index is 12.8. The molecule has 2 amide bonds. The number of carboxylic acid groups (broad SMARTS) is 1. The van der Waals surface area contributed by atoms with Crippen molar-refractivity contribution in [2.24, 2.45) is 5.92 Å². The highest BCUT2D eigenvalue weighted by Crippen LogP contribution is 2.44. The van der Waals surface area contributed by atoms with Crippen LogP contribution in [0.3, 0.4) is 0 Å². The molecule has 0 spiro atoms. The summed E-state index contributed by atoms with van der Waals surface area (Å²) >= 11 is 0. The van der Waals surface area contributed by atoms with Crippen LogP contribution in [0.15, 0.2) is 48.5 Å². The molecule has 3 rings (SSSR count). The molecule has 1 aliphatic carbocycles. The first kappa shape index (κ1) is 25.3. The second-order valence-corrected chi connectivity index (χ2v) is 9.22. The molecule has 2 aromatic carbocycles. The van der Waals surface area contributed by atoms with Crippen molar-refractivity contribution >= 4 is 18.0 Å². The first-order valence-electron chi connectivity index (χ1n) is 11.9. The van der Waals surface area contributed by atoms with Crippen LogP contribution in [-0.4, -0.2) is 53.7 Å². The normalized spacial score (nSPS) is 13.2. The van der Waals surface area contributed by atoms with Crippen LogP contribution in [0, 0.1) is 5.92 Å². The van der Waals surface area contributed by atoms with Gasteiger partial charge in [0.1, 0.15) is 13.2 Å². The lowest BCUT2D eigenvalue weighted by Gasteiger charge is -2.26. The van der Waals surface area contributed by atoms with Gasteiger partial charge in [-0.2, -0.15) is 0 Å². The van der Waals surface area contributed by atoms with Gasteiger partial charge in [0.25, 0.3) is 0 Å². The van der Waals surface area contributed by atoms with Crippen LogP contribution in [0.25, 0.3) is 11.1 Å². The third kappa shape index (κ3) is 6.37. The van der Waals surface area contributed by atoms with E-state index in [1.54, 1.807) is 0 Å². The Morgan fingerprint density at radius 3 is 2.15 bits per heavy atom. The van der Waals surface area contributed by atoms with Crippen molar-refractivity contribution in [2.45, 2.75) is 52.0 Å². The highest BCUT2D eigenvalue weighted by Gasteiger charge is 2.29. The number of fused-ring (bicyclic) bond motifs is 3. The van der Waals surface area contributed by atoms with Crippen molar-refractivity contribution < 1.29 is 24.2 Å². The second-order valence-electron chi connectivity index (χ2n) is 9.22. The molecule has 0 saturated heterocycles. The molecule has 0 fully saturated rings. The maximum Gasteiger partial charge on any atom is 0.407 e. The Morgan fingerprint density at radius 1 is 1.03 bits per heavy atom. The summed E-state index contributed by atoms with van der Waals surface area (Å²) in [5.41, 5.74) is 4.58. The molecule has 7 heteroatoms. The molecule has 0 heterocycles. The van der Waals surface area contributed by atoms with Crippen LogP contribution >= 0.6 is 0 Å². The van der Waals surface area contributed by atoms with Crippen LogP contribution < -0.4 is 5.32 Å². The molecule has 0 aromatic heterocycles. The summed E-state index contributed by atoms with van der Waals surface area (Å²) in [7, 11) is 0. The quantitative estimate of drug-likeness (QED) is 0.502. The van der Waals surface area contributed by atoms with E-state index in [1.807, 2.05) is 45.0 Å². The molecule has 2 aromatic rings. The molecular formula is C27H34N2O5. The van der Waals surface area contributed by atoms with E-state index in [4.69, 9.17) is 9.84 Å². The van der Waals surface area contributed by atoms with Gasteiger partial charge < -0.3 is 20.1 Å². The number of carboxylic acids is 1. The summed E-state index contributed by atoms with van der Waals surface area (Å²) in [6, 6.07) is 15.8. The second kappa shape index (κ2) is 11.7. The van der Waals surface area contributed by atoms with E-state index in [2.05, 4.69) is 29.6 Å². The van der Waals surface area contributed by atoms with Crippen molar-refractivity contribution in [2.75, 3.05) is 19.7 Å². The Hall–Kier alpha value is -3.35. The predicted octanol–water partition coefficient (Wildman–Crippen LogP) is 4.65. The van der Waals surface area contributed by atoms with E-state index in [0.29, 0.717) is 13.0 Å². The van der Waals surface area contributed by atoms with Gasteiger partial charge in [-0.25, -0.2) is 4.79 Å². The van der Waals surface area contributed by atoms with E-state index in [-0.39, 0.29) is 37.3 Å². The number of ether oxygens (including phenoxy) is 1. The molecule has 0 unspecified atom stereocenters. The summed E-state index contributed by atoms with van der Waals surface area (Å²) in [6.07, 6.45) is 0.836. The molecule has 1 atom stereocenters. The minimum atomic E-state index is -1.05. The van der Waals surface area contributed by atoms with Gasteiger partial charge in [-0.15, -0.1) is 0 Å². The lowest BCUT2D eigenvalue weighted by molar-refractivity contribution is -0.145. The maximum atomic E-state index is 12.8. The number of nitrogens with one attached hydrogen (secondary N) is 1. The Balaban J connectivity index is 1.62. The summed E-state index contributed by atoms with van der Waals surface area (Å²) in [6.45, 7) is 6.04. The first-order valence-corrected chi connectivity index (χ1v) is 11.9. The number of carbonyl (C=O) groups is 3. The predicted molar refractivity (Wildman–Crippen MR) is 131 cm³/mol. The van der Waals surface area contributed by atoms with Gasteiger partial charge >= 0.3 is 12.1 Å². The lowest BCUT2D eigenvalue weighted by Crippen LogP contribution is -2.43. The largest absolute Gasteiger partial charge is 0.480 e. The third-order valence-electron chi connectivity index (χ3n) is 5.99. The highest BCUT2D eigenvalue weighted by atomic mass is 16.5. The molecule has 0 aliphatic heterocycles. The van der Waals surface area contributed by atoms with Gasteiger partial charge in [-0.1, -0.05) is 75.7 Å². The number of alkyl carbamates (subject to hydrolysis) is 1. The molecule has 1 aliphatic rings. The van der Waals surface area contributed by atoms with Crippen molar-refractivity contribution in [3.63, 3.8) is 0 Å². The van der Waals surface area contributed by atoms with Crippen LogP contribution in [0.1, 0.15) is 57.1 Å². The van der Waals surface area contributed by atoms with E-state index in [1.165, 1.54) is 4.90 Å². The Morgan fingerprint density at radius 2 is 1.62 bits per heavy atom. The van der Waals surface area contributed by atoms with Gasteiger partial charge in [-0.3, -0.25) is 9.59 Å². The van der Waals surface area contributed by atoms with Crippen LogP contribution in [-0.2, 0) is 14.3 Å². The van der Waals surface area contributed by atoms with Crippen molar-refractivity contribution in [3.05, 3.63) is 59.7 Å². The van der Waals surface area contributed by atoms with Crippen LogP contribution in [0.4, 0.5) is 4.79 Å². The SMILES string of the molecule is CCC[C@@H](CC(=O)N(CC(=O)O)CC(C)C)NC(=O)OCC1c2ccccc2-c2ccccc21. The fourth-order valence-electron chi connectivity index (χ4n) is 4.58. The van der Waals surface area contributed by atoms with E-state index in [0.717, 1.165) is 28.7 Å². The average Bonchev–Trinajstić information content (AvgIpc) is 3.10. The molecule has 0 saturated carbocycles. The van der Waals surface area contributed by atoms with E-state index in [9.17, 15) is 14.4 Å². The molecule has 0 radical (unpaired) electrons. The summed E-state index contributed by atoms with van der Waals surface area (Å²) in [5.74, 6) is -1.23. The number of hydrogen-bond donors (Lipinski definition) is 2. The van der Waals surface area contributed by atoms with Crippen LogP contribution in [0.2, 0.25) is 0 Å². The highest BCUT2D eigenvalue weighted by molar-refractivity contribution is 5.82. The summed E-state index contributed by atoms with van der Waals surface area (Å²) in [5, 5.41) is 12.0. The molecule has 182 valence electrons. The van der Waals surface area contributed by atoms with Gasteiger partial charge in [0, 0.05) is 24.9 Å². The molecule has 34 heavy (non-hydrogen) atoms. The van der Waals surface area contributed by atoms with Crippen molar-refractivity contribution in [1.29, 1.82) is 0 Å². The van der Waals surface area contributed by atoms with Crippen LogP contribution in [0.5, 0.6) is 0 Å². The summed E-state index contributed by atoms with van der Waals surface area (Å²) in [4.78, 5) is 38.0. The monoisotopic (exact) mass is 466 g/mol. The van der Waals surface area contributed by atoms with Crippen molar-refractivity contribution in [1.82, 2.24) is 10.2 Å². The number of hydrogen-bond acceptors (Lipinski definition) is 4. The molecule has 7 nitrogen and oxygen atoms in total. The minimum Gasteiger partial charge on any atom is -0.480 e. The summed E-state index contributed by atoms with van der Waals surface area (Å²) < 4.78 is 5.62. The van der Waals surface area contributed by atoms with E-state index >= 15 is 0 Å².